The standard InChI is InChI=1S/C17H17FO5/c1-11(16(20)22-2)8-9-12(17(21)23-3)10-15(19)13-6-4-5-7-14(13)18/h4-7,10H,1,8-9H2,2-3H3/b12-10+. The number of halogens is 1. The number of allylic oxidation sites excluding steroid dienone is 1. The molecule has 0 unspecified atom stereocenters. The van der Waals surface area contributed by atoms with Crippen LogP contribution in [0.15, 0.2) is 48.1 Å². The third-order valence-corrected chi connectivity index (χ3v) is 3.06. The molecule has 0 N–H and O–H groups in total. The summed E-state index contributed by atoms with van der Waals surface area (Å²) in [5, 5.41) is 0. The molecule has 122 valence electrons. The number of hydrogen-bond donors (Lipinski definition) is 0. The van der Waals surface area contributed by atoms with Gasteiger partial charge >= 0.3 is 11.9 Å². The first-order chi connectivity index (χ1) is 10.9. The molecule has 0 aliphatic carbocycles. The highest BCUT2D eigenvalue weighted by Gasteiger charge is 2.17. The van der Waals surface area contributed by atoms with E-state index in [4.69, 9.17) is 0 Å². The summed E-state index contributed by atoms with van der Waals surface area (Å²) in [7, 11) is 2.38. The highest BCUT2D eigenvalue weighted by molar-refractivity contribution is 6.08. The summed E-state index contributed by atoms with van der Waals surface area (Å²) in [5.41, 5.74) is 0.0205. The molecule has 1 aromatic carbocycles. The van der Waals surface area contributed by atoms with Crippen LogP contribution in [0.5, 0.6) is 0 Å². The summed E-state index contributed by atoms with van der Waals surface area (Å²) >= 11 is 0. The third-order valence-electron chi connectivity index (χ3n) is 3.06. The van der Waals surface area contributed by atoms with Crippen molar-refractivity contribution in [1.29, 1.82) is 0 Å². The van der Waals surface area contributed by atoms with Crippen LogP contribution in [-0.2, 0) is 19.1 Å². The van der Waals surface area contributed by atoms with Crippen LogP contribution in [0.2, 0.25) is 0 Å². The maximum Gasteiger partial charge on any atom is 0.333 e. The molecule has 6 heteroatoms. The van der Waals surface area contributed by atoms with Crippen LogP contribution in [0.3, 0.4) is 0 Å². The van der Waals surface area contributed by atoms with E-state index in [9.17, 15) is 18.8 Å². The van der Waals surface area contributed by atoms with Crippen LogP contribution in [-0.4, -0.2) is 31.9 Å². The van der Waals surface area contributed by atoms with E-state index in [-0.39, 0.29) is 29.6 Å². The lowest BCUT2D eigenvalue weighted by atomic mass is 10.0. The number of benzene rings is 1. The summed E-state index contributed by atoms with van der Waals surface area (Å²) in [6.45, 7) is 3.54. The maximum absolute atomic E-state index is 13.6. The first-order valence-corrected chi connectivity index (χ1v) is 6.74. The van der Waals surface area contributed by atoms with E-state index < -0.39 is 23.5 Å². The van der Waals surface area contributed by atoms with E-state index in [0.29, 0.717) is 0 Å². The average Bonchev–Trinajstić information content (AvgIpc) is 2.56. The first kappa shape index (κ1) is 18.3. The Morgan fingerprint density at radius 2 is 1.70 bits per heavy atom. The van der Waals surface area contributed by atoms with Crippen molar-refractivity contribution in [3.8, 4) is 0 Å². The number of carbonyl (C=O) groups excluding carboxylic acids is 3. The SMILES string of the molecule is C=C(CC/C(=C\C(=O)c1ccccc1F)C(=O)OC)C(=O)OC. The largest absolute Gasteiger partial charge is 0.466 e. The highest BCUT2D eigenvalue weighted by Crippen LogP contribution is 2.16. The number of ketones is 1. The maximum atomic E-state index is 13.6. The van der Waals surface area contributed by atoms with Crippen molar-refractivity contribution >= 4 is 17.7 Å². The molecule has 23 heavy (non-hydrogen) atoms. The van der Waals surface area contributed by atoms with E-state index in [1.807, 2.05) is 0 Å². The Bertz CT molecular complexity index is 661. The third kappa shape index (κ3) is 5.18. The Kier molecular flexibility index (Phi) is 6.86. The van der Waals surface area contributed by atoms with Crippen LogP contribution in [0.25, 0.3) is 0 Å². The predicted octanol–water partition coefficient (Wildman–Crippen LogP) is 2.62. The van der Waals surface area contributed by atoms with E-state index in [1.165, 1.54) is 32.4 Å². The molecule has 0 spiro atoms. The van der Waals surface area contributed by atoms with Gasteiger partial charge in [0.2, 0.25) is 0 Å². The molecule has 5 nitrogen and oxygen atoms in total. The average molecular weight is 320 g/mol. The van der Waals surface area contributed by atoms with E-state index in [0.717, 1.165) is 12.1 Å². The molecule has 0 amide bonds. The van der Waals surface area contributed by atoms with Crippen molar-refractivity contribution in [1.82, 2.24) is 0 Å². The zero-order chi connectivity index (χ0) is 17.4. The minimum Gasteiger partial charge on any atom is -0.466 e. The highest BCUT2D eigenvalue weighted by atomic mass is 19.1. The lowest BCUT2D eigenvalue weighted by molar-refractivity contribution is -0.137. The van der Waals surface area contributed by atoms with E-state index >= 15 is 0 Å². The van der Waals surface area contributed by atoms with Gasteiger partial charge in [0.05, 0.1) is 19.8 Å². The number of hydrogen-bond acceptors (Lipinski definition) is 5. The fourth-order valence-corrected chi connectivity index (χ4v) is 1.79. The molecule has 1 rings (SSSR count). The Balaban J connectivity index is 2.96. The zero-order valence-electron chi connectivity index (χ0n) is 12.9. The summed E-state index contributed by atoms with van der Waals surface area (Å²) in [4.78, 5) is 35.1. The Morgan fingerprint density at radius 1 is 1.09 bits per heavy atom. The van der Waals surface area contributed by atoms with Crippen LogP contribution in [0.4, 0.5) is 4.39 Å². The van der Waals surface area contributed by atoms with Crippen molar-refractivity contribution in [2.45, 2.75) is 12.8 Å². The number of methoxy groups -OCH3 is 2. The minimum absolute atomic E-state index is 0.0193. The van der Waals surface area contributed by atoms with Gasteiger partial charge in [-0.1, -0.05) is 18.7 Å². The van der Waals surface area contributed by atoms with Crippen LogP contribution in [0, 0.1) is 5.82 Å². The molecule has 0 bridgehead atoms. The minimum atomic E-state index is -0.729. The molecule has 0 aliphatic heterocycles. The van der Waals surface area contributed by atoms with Crippen LogP contribution in [0.1, 0.15) is 23.2 Å². The molecule has 0 aliphatic rings. The fourth-order valence-electron chi connectivity index (χ4n) is 1.79. The van der Waals surface area contributed by atoms with Gasteiger partial charge in [-0.2, -0.15) is 0 Å². The lowest BCUT2D eigenvalue weighted by Crippen LogP contribution is -2.10. The van der Waals surface area contributed by atoms with Gasteiger partial charge in [0.25, 0.3) is 0 Å². The monoisotopic (exact) mass is 320 g/mol. The molecular weight excluding hydrogens is 303 g/mol. The normalized spacial score (nSPS) is 10.8. The Morgan fingerprint density at radius 3 is 2.26 bits per heavy atom. The van der Waals surface area contributed by atoms with Gasteiger partial charge in [-0.3, -0.25) is 4.79 Å². The van der Waals surface area contributed by atoms with Gasteiger partial charge in [-0.05, 0) is 31.1 Å². The van der Waals surface area contributed by atoms with Gasteiger partial charge in [-0.15, -0.1) is 0 Å². The van der Waals surface area contributed by atoms with Crippen LogP contribution >= 0.6 is 0 Å². The van der Waals surface area contributed by atoms with Crippen molar-refractivity contribution in [2.24, 2.45) is 0 Å². The molecule has 0 saturated carbocycles. The summed E-state index contributed by atoms with van der Waals surface area (Å²) in [5.74, 6) is -2.67. The lowest BCUT2D eigenvalue weighted by Gasteiger charge is -2.07. The number of ether oxygens (including phenoxy) is 2. The van der Waals surface area contributed by atoms with E-state index in [2.05, 4.69) is 16.1 Å². The van der Waals surface area contributed by atoms with Crippen molar-refractivity contribution in [3.63, 3.8) is 0 Å². The Labute approximate surface area is 133 Å². The molecular formula is C17H17FO5. The molecule has 0 atom stereocenters. The molecule has 1 aromatic rings. The van der Waals surface area contributed by atoms with Gasteiger partial charge in [-0.25, -0.2) is 14.0 Å². The molecule has 0 saturated heterocycles. The number of rotatable bonds is 7. The summed E-state index contributed by atoms with van der Waals surface area (Å²) < 4.78 is 22.7. The van der Waals surface area contributed by atoms with Crippen molar-refractivity contribution in [3.05, 3.63) is 59.4 Å². The second-order valence-electron chi connectivity index (χ2n) is 4.60. The van der Waals surface area contributed by atoms with Gasteiger partial charge in [0.1, 0.15) is 5.82 Å². The van der Waals surface area contributed by atoms with Crippen molar-refractivity contribution < 1.29 is 28.2 Å². The first-order valence-electron chi connectivity index (χ1n) is 6.74. The quantitative estimate of drug-likeness (QED) is 0.439. The second kappa shape index (κ2) is 8.63. The van der Waals surface area contributed by atoms with Gasteiger partial charge in [0, 0.05) is 11.1 Å². The topological polar surface area (TPSA) is 69.7 Å². The molecule has 0 fully saturated rings. The number of carbonyl (C=O) groups is 3. The van der Waals surface area contributed by atoms with Gasteiger partial charge in [0.15, 0.2) is 5.78 Å². The smallest absolute Gasteiger partial charge is 0.333 e. The zero-order valence-corrected chi connectivity index (χ0v) is 12.9. The molecule has 0 heterocycles. The van der Waals surface area contributed by atoms with Crippen LogP contribution < -0.4 is 0 Å². The summed E-state index contributed by atoms with van der Waals surface area (Å²) in [6.07, 6.45) is 1.16. The van der Waals surface area contributed by atoms with Crippen molar-refractivity contribution in [2.75, 3.05) is 14.2 Å². The van der Waals surface area contributed by atoms with Gasteiger partial charge < -0.3 is 9.47 Å². The number of esters is 2. The predicted molar refractivity (Wildman–Crippen MR) is 81.2 cm³/mol. The van der Waals surface area contributed by atoms with E-state index in [1.54, 1.807) is 0 Å². The molecule has 0 radical (unpaired) electrons. The second-order valence-corrected chi connectivity index (χ2v) is 4.60. The Hall–Kier alpha value is -2.76. The summed E-state index contributed by atoms with van der Waals surface area (Å²) in [6, 6.07) is 5.44. The molecule has 0 aromatic heterocycles. The fraction of sp³-hybridized carbons (Fsp3) is 0.235.